The van der Waals surface area contributed by atoms with Crippen LogP contribution in [0.5, 0.6) is 0 Å². The lowest BCUT2D eigenvalue weighted by Gasteiger charge is -2.21. The van der Waals surface area contributed by atoms with Gasteiger partial charge in [0.25, 0.3) is 0 Å². The van der Waals surface area contributed by atoms with Crippen molar-refractivity contribution in [2.75, 3.05) is 39.9 Å². The van der Waals surface area contributed by atoms with Crippen molar-refractivity contribution in [3.8, 4) is 0 Å². The lowest BCUT2D eigenvalue weighted by atomic mass is 10.1. The number of hydrogen-bond donors (Lipinski definition) is 7. The molecular formula is C21H45N7O4. The highest BCUT2D eigenvalue weighted by Gasteiger charge is 2.23. The van der Waals surface area contributed by atoms with Crippen LogP contribution in [-0.4, -0.2) is 75.7 Å². The Bertz CT molecular complexity index is 522. The Kier molecular flexibility index (Phi) is 18.8. The Morgan fingerprint density at radius 3 is 1.81 bits per heavy atom. The Balaban J connectivity index is 4.47. The number of carbonyl (C=O) groups is 3. The van der Waals surface area contributed by atoms with E-state index in [1.807, 2.05) is 0 Å². The predicted octanol–water partition coefficient (Wildman–Crippen LogP) is -1.57. The van der Waals surface area contributed by atoms with E-state index in [2.05, 4.69) is 16.0 Å². The van der Waals surface area contributed by atoms with E-state index < -0.39 is 18.1 Å². The minimum absolute atomic E-state index is 0.187. The first-order valence-electron chi connectivity index (χ1n) is 11.6. The molecule has 0 saturated carbocycles. The predicted molar refractivity (Wildman–Crippen MR) is 125 cm³/mol. The molecule has 0 aliphatic heterocycles. The summed E-state index contributed by atoms with van der Waals surface area (Å²) in [6.07, 6.45) is 6.04. The Morgan fingerprint density at radius 2 is 1.25 bits per heavy atom. The molecule has 0 heterocycles. The molecule has 32 heavy (non-hydrogen) atoms. The maximum atomic E-state index is 12.5. The second kappa shape index (κ2) is 19.9. The van der Waals surface area contributed by atoms with Crippen molar-refractivity contribution in [2.24, 2.45) is 22.9 Å². The molecule has 11 N–H and O–H groups in total. The molecule has 188 valence electrons. The van der Waals surface area contributed by atoms with Crippen molar-refractivity contribution in [1.29, 1.82) is 0 Å². The van der Waals surface area contributed by atoms with Crippen molar-refractivity contribution in [2.45, 2.75) is 75.9 Å². The molecular weight excluding hydrogens is 414 g/mol. The molecule has 3 amide bonds. The quantitative estimate of drug-likeness (QED) is 0.106. The van der Waals surface area contributed by atoms with Gasteiger partial charge in [0.1, 0.15) is 6.04 Å². The number of unbranched alkanes of at least 4 members (excludes halogenated alkanes) is 3. The van der Waals surface area contributed by atoms with Crippen LogP contribution in [0.2, 0.25) is 0 Å². The van der Waals surface area contributed by atoms with Gasteiger partial charge >= 0.3 is 0 Å². The van der Waals surface area contributed by atoms with E-state index in [4.69, 9.17) is 27.7 Å². The summed E-state index contributed by atoms with van der Waals surface area (Å²) in [6, 6.07) is -1.93. The minimum atomic E-state index is -0.700. The van der Waals surface area contributed by atoms with Crippen molar-refractivity contribution >= 4 is 17.7 Å². The Morgan fingerprint density at radius 1 is 0.719 bits per heavy atom. The number of rotatable bonds is 20. The number of carbonyl (C=O) groups excluding carboxylic acids is 3. The summed E-state index contributed by atoms with van der Waals surface area (Å²) in [4.78, 5) is 36.9. The molecule has 0 bridgehead atoms. The highest BCUT2D eigenvalue weighted by Crippen LogP contribution is 2.04. The van der Waals surface area contributed by atoms with Crippen molar-refractivity contribution in [1.82, 2.24) is 16.0 Å². The van der Waals surface area contributed by atoms with Crippen molar-refractivity contribution < 1.29 is 19.1 Å². The van der Waals surface area contributed by atoms with E-state index in [1.165, 1.54) is 0 Å². The van der Waals surface area contributed by atoms with Crippen LogP contribution in [-0.2, 0) is 19.1 Å². The van der Waals surface area contributed by atoms with Gasteiger partial charge in [0.15, 0.2) is 0 Å². The summed E-state index contributed by atoms with van der Waals surface area (Å²) in [5.74, 6) is -0.825. The standard InChI is InChI=1S/C21H45N7O4/c1-32-15-14-27-21(31)18(28-20(30)17(25)9-3-6-12-23)10-4-7-13-26-19(29)16(24)8-2-5-11-22/h16-18H,2-15,22-25H2,1H3,(H,26,29)(H,27,31)(H,28,30). The van der Waals surface area contributed by atoms with E-state index in [1.54, 1.807) is 7.11 Å². The number of nitrogens with two attached hydrogens (primary N) is 4. The Labute approximate surface area is 192 Å². The summed E-state index contributed by atoms with van der Waals surface area (Å²) in [7, 11) is 1.55. The number of ether oxygens (including phenoxy) is 1. The fourth-order valence-electron chi connectivity index (χ4n) is 3.04. The van der Waals surface area contributed by atoms with E-state index in [0.29, 0.717) is 64.9 Å². The molecule has 0 radical (unpaired) electrons. The summed E-state index contributed by atoms with van der Waals surface area (Å²) < 4.78 is 4.94. The number of amides is 3. The van der Waals surface area contributed by atoms with Crippen LogP contribution in [0.1, 0.15) is 57.8 Å². The smallest absolute Gasteiger partial charge is 0.242 e. The average molecular weight is 460 g/mol. The topological polar surface area (TPSA) is 201 Å². The second-order valence-corrected chi connectivity index (χ2v) is 7.91. The molecule has 0 fully saturated rings. The van der Waals surface area contributed by atoms with Crippen LogP contribution in [0.15, 0.2) is 0 Å². The van der Waals surface area contributed by atoms with Crippen LogP contribution in [0.4, 0.5) is 0 Å². The normalized spacial score (nSPS) is 13.8. The fraction of sp³-hybridized carbons (Fsp3) is 0.857. The maximum absolute atomic E-state index is 12.5. The number of methoxy groups -OCH3 is 1. The van der Waals surface area contributed by atoms with Gasteiger partial charge in [0, 0.05) is 20.2 Å². The highest BCUT2D eigenvalue weighted by molar-refractivity contribution is 5.89. The van der Waals surface area contributed by atoms with E-state index in [0.717, 1.165) is 25.7 Å². The van der Waals surface area contributed by atoms with Crippen LogP contribution in [0.25, 0.3) is 0 Å². The van der Waals surface area contributed by atoms with Crippen LogP contribution in [0, 0.1) is 0 Å². The fourth-order valence-corrected chi connectivity index (χ4v) is 3.04. The van der Waals surface area contributed by atoms with E-state index in [-0.39, 0.29) is 17.7 Å². The third kappa shape index (κ3) is 15.1. The Hall–Kier alpha value is -1.79. The third-order valence-corrected chi connectivity index (χ3v) is 5.07. The molecule has 0 saturated heterocycles. The van der Waals surface area contributed by atoms with Gasteiger partial charge in [0.2, 0.25) is 17.7 Å². The first-order valence-corrected chi connectivity index (χ1v) is 11.6. The molecule has 0 aliphatic rings. The summed E-state index contributed by atoms with van der Waals surface area (Å²) in [5.41, 5.74) is 22.7. The zero-order valence-corrected chi connectivity index (χ0v) is 19.6. The minimum Gasteiger partial charge on any atom is -0.383 e. The zero-order valence-electron chi connectivity index (χ0n) is 19.6. The first-order chi connectivity index (χ1) is 15.4. The van der Waals surface area contributed by atoms with Gasteiger partial charge in [-0.15, -0.1) is 0 Å². The third-order valence-electron chi connectivity index (χ3n) is 5.07. The molecule has 0 aromatic rings. The largest absolute Gasteiger partial charge is 0.383 e. The van der Waals surface area contributed by atoms with Gasteiger partial charge in [-0.1, -0.05) is 12.8 Å². The van der Waals surface area contributed by atoms with E-state index >= 15 is 0 Å². The van der Waals surface area contributed by atoms with Gasteiger partial charge in [-0.25, -0.2) is 0 Å². The molecule has 3 unspecified atom stereocenters. The molecule has 0 aromatic carbocycles. The average Bonchev–Trinajstić information content (AvgIpc) is 2.77. The molecule has 11 heteroatoms. The molecule has 0 rings (SSSR count). The van der Waals surface area contributed by atoms with Gasteiger partial charge in [-0.05, 0) is 58.0 Å². The molecule has 3 atom stereocenters. The number of nitrogens with one attached hydrogen (secondary N) is 3. The summed E-state index contributed by atoms with van der Waals surface area (Å²) in [5, 5.41) is 8.31. The second-order valence-electron chi connectivity index (χ2n) is 7.91. The lowest BCUT2D eigenvalue weighted by molar-refractivity contribution is -0.130. The van der Waals surface area contributed by atoms with Gasteiger partial charge in [-0.3, -0.25) is 14.4 Å². The monoisotopic (exact) mass is 459 g/mol. The van der Waals surface area contributed by atoms with E-state index in [9.17, 15) is 14.4 Å². The highest BCUT2D eigenvalue weighted by atomic mass is 16.5. The van der Waals surface area contributed by atoms with Crippen LogP contribution >= 0.6 is 0 Å². The summed E-state index contributed by atoms with van der Waals surface area (Å²) >= 11 is 0. The van der Waals surface area contributed by atoms with Gasteiger partial charge in [0.05, 0.1) is 18.7 Å². The maximum Gasteiger partial charge on any atom is 0.242 e. The lowest BCUT2D eigenvalue weighted by Crippen LogP contribution is -2.52. The first kappa shape index (κ1) is 30.2. The zero-order chi connectivity index (χ0) is 24.2. The van der Waals surface area contributed by atoms with Crippen LogP contribution in [0.3, 0.4) is 0 Å². The number of hydrogen-bond acceptors (Lipinski definition) is 8. The van der Waals surface area contributed by atoms with Gasteiger partial charge < -0.3 is 43.6 Å². The molecule has 0 aromatic heterocycles. The molecule has 0 aliphatic carbocycles. The molecule has 0 spiro atoms. The van der Waals surface area contributed by atoms with Crippen molar-refractivity contribution in [3.63, 3.8) is 0 Å². The van der Waals surface area contributed by atoms with Crippen molar-refractivity contribution in [3.05, 3.63) is 0 Å². The summed E-state index contributed by atoms with van der Waals surface area (Å²) in [6.45, 7) is 2.32. The van der Waals surface area contributed by atoms with Gasteiger partial charge in [-0.2, -0.15) is 0 Å². The van der Waals surface area contributed by atoms with Crippen LogP contribution < -0.4 is 38.9 Å². The molecule has 11 nitrogen and oxygen atoms in total. The SMILES string of the molecule is COCCNC(=O)C(CCCCNC(=O)C(N)CCCCN)NC(=O)C(N)CCCCN.